The first-order valence-electron chi connectivity index (χ1n) is 5.94. The number of likely N-dealkylation sites (N-methyl/N-ethyl adjacent to an activating group) is 1. The fourth-order valence-corrected chi connectivity index (χ4v) is 1.90. The predicted octanol–water partition coefficient (Wildman–Crippen LogP) is -0.565. The van der Waals surface area contributed by atoms with E-state index in [0.717, 1.165) is 13.1 Å². The van der Waals surface area contributed by atoms with E-state index in [-0.39, 0.29) is 17.6 Å². The zero-order valence-corrected chi connectivity index (χ0v) is 10.3. The summed E-state index contributed by atoms with van der Waals surface area (Å²) < 4.78 is 5.53. The van der Waals surface area contributed by atoms with Crippen LogP contribution in [0.3, 0.4) is 0 Å². The van der Waals surface area contributed by atoms with Crippen molar-refractivity contribution in [2.24, 2.45) is 0 Å². The molecule has 98 valence electrons. The average Bonchev–Trinajstić information content (AvgIpc) is 2.39. The van der Waals surface area contributed by atoms with E-state index in [4.69, 9.17) is 4.74 Å². The summed E-state index contributed by atoms with van der Waals surface area (Å²) in [5, 5.41) is 3.21. The Bertz CT molecular complexity index is 466. The van der Waals surface area contributed by atoms with E-state index in [1.807, 2.05) is 0 Å². The van der Waals surface area contributed by atoms with Gasteiger partial charge in [-0.05, 0) is 6.07 Å². The first kappa shape index (κ1) is 12.8. The van der Waals surface area contributed by atoms with E-state index >= 15 is 0 Å². The molecule has 0 saturated carbocycles. The molecule has 6 nitrogen and oxygen atoms in total. The summed E-state index contributed by atoms with van der Waals surface area (Å²) in [6.07, 6.45) is 0.00290. The average molecular weight is 251 g/mol. The molecule has 1 fully saturated rings. The van der Waals surface area contributed by atoms with Crippen molar-refractivity contribution in [2.45, 2.75) is 6.10 Å². The second-order valence-corrected chi connectivity index (χ2v) is 4.31. The van der Waals surface area contributed by atoms with E-state index in [9.17, 15) is 9.59 Å². The smallest absolute Gasteiger partial charge is 0.270 e. The number of carbonyl (C=O) groups is 1. The first-order valence-corrected chi connectivity index (χ1v) is 5.94. The van der Waals surface area contributed by atoms with Gasteiger partial charge in [-0.25, -0.2) is 0 Å². The number of amides is 1. The molecule has 0 bridgehead atoms. The Balaban J connectivity index is 1.97. The lowest BCUT2D eigenvalue weighted by molar-refractivity contribution is 0.0102. The van der Waals surface area contributed by atoms with Crippen LogP contribution in [0, 0.1) is 0 Å². The lowest BCUT2D eigenvalue weighted by atomic mass is 10.2. The molecule has 1 saturated heterocycles. The maximum absolute atomic E-state index is 12.1. The summed E-state index contributed by atoms with van der Waals surface area (Å²) in [6.45, 7) is 2.75. The number of rotatable bonds is 3. The molecule has 1 amide bonds. The SMILES string of the molecule is CN(CC1CNCCO1)C(=O)c1cccc(=O)[nH]1. The van der Waals surface area contributed by atoms with E-state index in [2.05, 4.69) is 10.3 Å². The molecule has 18 heavy (non-hydrogen) atoms. The van der Waals surface area contributed by atoms with Gasteiger partial charge in [0.1, 0.15) is 5.69 Å². The molecule has 0 radical (unpaired) electrons. The summed E-state index contributed by atoms with van der Waals surface area (Å²) in [5.74, 6) is -0.207. The van der Waals surface area contributed by atoms with Crippen molar-refractivity contribution < 1.29 is 9.53 Å². The summed E-state index contributed by atoms with van der Waals surface area (Å²) in [7, 11) is 1.70. The molecule has 2 heterocycles. The highest BCUT2D eigenvalue weighted by molar-refractivity contribution is 5.92. The second-order valence-electron chi connectivity index (χ2n) is 4.31. The molecule has 0 aromatic carbocycles. The lowest BCUT2D eigenvalue weighted by Gasteiger charge is -2.27. The van der Waals surface area contributed by atoms with Gasteiger partial charge in [0.15, 0.2) is 0 Å². The largest absolute Gasteiger partial charge is 0.374 e. The summed E-state index contributed by atoms with van der Waals surface area (Å²) >= 11 is 0. The Labute approximate surface area is 105 Å². The van der Waals surface area contributed by atoms with Crippen LogP contribution < -0.4 is 10.9 Å². The standard InChI is InChI=1S/C12H17N3O3/c1-15(8-9-7-13-5-6-18-9)12(17)10-3-2-4-11(16)14-10/h2-4,9,13H,5-8H2,1H3,(H,14,16). The normalized spacial score (nSPS) is 19.5. The number of hydrogen-bond donors (Lipinski definition) is 2. The number of carbonyl (C=O) groups excluding carboxylic acids is 1. The number of hydrogen-bond acceptors (Lipinski definition) is 4. The number of morpholine rings is 1. The molecule has 1 aromatic rings. The molecular formula is C12H17N3O3. The maximum atomic E-state index is 12.1. The van der Waals surface area contributed by atoms with Crippen molar-refractivity contribution in [3.8, 4) is 0 Å². The van der Waals surface area contributed by atoms with Gasteiger partial charge >= 0.3 is 0 Å². The van der Waals surface area contributed by atoms with Crippen molar-refractivity contribution in [2.75, 3.05) is 33.3 Å². The zero-order chi connectivity index (χ0) is 13.0. The number of pyridine rings is 1. The highest BCUT2D eigenvalue weighted by Gasteiger charge is 2.19. The van der Waals surface area contributed by atoms with Crippen LogP contribution in [0.25, 0.3) is 0 Å². The van der Waals surface area contributed by atoms with Gasteiger partial charge in [0.2, 0.25) is 5.56 Å². The molecule has 0 spiro atoms. The minimum absolute atomic E-state index is 0.00290. The van der Waals surface area contributed by atoms with Gasteiger partial charge in [-0.2, -0.15) is 0 Å². The van der Waals surface area contributed by atoms with Crippen molar-refractivity contribution in [1.82, 2.24) is 15.2 Å². The van der Waals surface area contributed by atoms with E-state index in [0.29, 0.717) is 18.8 Å². The predicted molar refractivity (Wildman–Crippen MR) is 66.6 cm³/mol. The third-order valence-corrected chi connectivity index (χ3v) is 2.83. The number of nitrogens with zero attached hydrogens (tertiary/aromatic N) is 1. The van der Waals surface area contributed by atoms with Gasteiger partial charge < -0.3 is 19.9 Å². The third-order valence-electron chi connectivity index (χ3n) is 2.83. The molecule has 1 aromatic heterocycles. The second kappa shape index (κ2) is 5.79. The van der Waals surface area contributed by atoms with Crippen LogP contribution in [0.2, 0.25) is 0 Å². The minimum atomic E-state index is -0.273. The van der Waals surface area contributed by atoms with Gasteiger partial charge in [0.25, 0.3) is 5.91 Å². The summed E-state index contributed by atoms with van der Waals surface area (Å²) in [4.78, 5) is 27.3. The van der Waals surface area contributed by atoms with Crippen LogP contribution in [0.1, 0.15) is 10.5 Å². The number of H-pyrrole nitrogens is 1. The number of nitrogens with one attached hydrogen (secondary N) is 2. The molecule has 1 aliphatic rings. The highest BCUT2D eigenvalue weighted by atomic mass is 16.5. The Morgan fingerprint density at radius 2 is 2.39 bits per heavy atom. The molecule has 1 atom stereocenters. The van der Waals surface area contributed by atoms with E-state index in [1.165, 1.54) is 6.07 Å². The van der Waals surface area contributed by atoms with E-state index < -0.39 is 0 Å². The van der Waals surface area contributed by atoms with E-state index in [1.54, 1.807) is 24.1 Å². The third kappa shape index (κ3) is 3.18. The Kier molecular flexibility index (Phi) is 4.11. The van der Waals surface area contributed by atoms with Crippen LogP contribution in [0.5, 0.6) is 0 Å². The quantitative estimate of drug-likeness (QED) is 0.755. The molecule has 1 unspecified atom stereocenters. The van der Waals surface area contributed by atoms with Gasteiger partial charge in [0, 0.05) is 32.7 Å². The van der Waals surface area contributed by atoms with Crippen LogP contribution in [-0.4, -0.2) is 55.2 Å². The van der Waals surface area contributed by atoms with Gasteiger partial charge in [-0.15, -0.1) is 0 Å². The highest BCUT2D eigenvalue weighted by Crippen LogP contribution is 2.02. The van der Waals surface area contributed by atoms with Crippen molar-refractivity contribution in [1.29, 1.82) is 0 Å². The van der Waals surface area contributed by atoms with Crippen LogP contribution in [-0.2, 0) is 4.74 Å². The number of aromatic nitrogens is 1. The molecular weight excluding hydrogens is 234 g/mol. The molecule has 2 rings (SSSR count). The molecule has 6 heteroatoms. The Morgan fingerprint density at radius 3 is 3.06 bits per heavy atom. The molecule has 1 aliphatic heterocycles. The van der Waals surface area contributed by atoms with Crippen molar-refractivity contribution in [3.63, 3.8) is 0 Å². The minimum Gasteiger partial charge on any atom is -0.374 e. The first-order chi connectivity index (χ1) is 8.66. The van der Waals surface area contributed by atoms with Gasteiger partial charge in [-0.1, -0.05) is 6.07 Å². The van der Waals surface area contributed by atoms with Gasteiger partial charge in [-0.3, -0.25) is 9.59 Å². The van der Waals surface area contributed by atoms with Crippen LogP contribution in [0.4, 0.5) is 0 Å². The van der Waals surface area contributed by atoms with Crippen LogP contribution in [0.15, 0.2) is 23.0 Å². The zero-order valence-electron chi connectivity index (χ0n) is 10.3. The molecule has 2 N–H and O–H groups in total. The summed E-state index contributed by atoms with van der Waals surface area (Å²) in [6, 6.07) is 4.55. The topological polar surface area (TPSA) is 74.4 Å². The Hall–Kier alpha value is -1.66. The number of aromatic amines is 1. The van der Waals surface area contributed by atoms with Crippen LogP contribution >= 0.6 is 0 Å². The Morgan fingerprint density at radius 1 is 1.56 bits per heavy atom. The van der Waals surface area contributed by atoms with Gasteiger partial charge in [0.05, 0.1) is 12.7 Å². The maximum Gasteiger partial charge on any atom is 0.270 e. The lowest BCUT2D eigenvalue weighted by Crippen LogP contribution is -2.46. The summed E-state index contributed by atoms with van der Waals surface area (Å²) in [5.41, 5.74) is 0.0265. The number of ether oxygens (including phenoxy) is 1. The van der Waals surface area contributed by atoms with Crippen molar-refractivity contribution >= 4 is 5.91 Å². The fraction of sp³-hybridized carbons (Fsp3) is 0.500. The fourth-order valence-electron chi connectivity index (χ4n) is 1.90. The molecule has 0 aliphatic carbocycles. The van der Waals surface area contributed by atoms with Crippen molar-refractivity contribution in [3.05, 3.63) is 34.2 Å². The monoisotopic (exact) mass is 251 g/mol.